The van der Waals surface area contributed by atoms with Gasteiger partial charge in [0.05, 0.1) is 11.4 Å². The van der Waals surface area contributed by atoms with Crippen LogP contribution in [0.2, 0.25) is 0 Å². The number of carbonyl (C=O) groups is 2. The third-order valence-electron chi connectivity index (χ3n) is 5.73. The van der Waals surface area contributed by atoms with E-state index >= 15 is 0 Å². The number of rotatable bonds is 8. The second kappa shape index (κ2) is 13.6. The number of para-hydroxylation sites is 1. The van der Waals surface area contributed by atoms with Gasteiger partial charge in [0.15, 0.2) is 0 Å². The average Bonchev–Trinajstić information content (AvgIpc) is 2.84. The molecule has 4 rings (SSSR count). The van der Waals surface area contributed by atoms with Crippen LogP contribution in [-0.2, 0) is 9.59 Å². The van der Waals surface area contributed by atoms with Crippen LogP contribution in [0, 0.1) is 0 Å². The smallest absolute Gasteiger partial charge is 0.328 e. The molecule has 2 heterocycles. The Bertz CT molecular complexity index is 1020. The Morgan fingerprint density at radius 2 is 1.60 bits per heavy atom. The van der Waals surface area contributed by atoms with E-state index in [-0.39, 0.29) is 0 Å². The molecule has 2 aliphatic rings. The van der Waals surface area contributed by atoms with Gasteiger partial charge in [-0.3, -0.25) is 0 Å². The van der Waals surface area contributed by atoms with Crippen molar-refractivity contribution in [2.45, 2.75) is 28.0 Å². The van der Waals surface area contributed by atoms with Gasteiger partial charge in [-0.2, -0.15) is 0 Å². The molecular formula is C26H33N3O4S2. The summed E-state index contributed by atoms with van der Waals surface area (Å²) in [6.07, 6.45) is 2.32. The van der Waals surface area contributed by atoms with E-state index in [0.717, 1.165) is 12.3 Å². The zero-order valence-electron chi connectivity index (χ0n) is 20.2. The summed E-state index contributed by atoms with van der Waals surface area (Å²) in [4.78, 5) is 30.8. The number of carboxylic acids is 2. The highest BCUT2D eigenvalue weighted by Gasteiger charge is 2.23. The molecule has 1 fully saturated rings. The molecule has 0 bridgehead atoms. The molecule has 2 aromatic carbocycles. The van der Waals surface area contributed by atoms with Crippen molar-refractivity contribution in [2.75, 3.05) is 57.0 Å². The number of nitrogens with zero attached hydrogens (tertiary/aromatic N) is 3. The van der Waals surface area contributed by atoms with Crippen molar-refractivity contribution in [1.29, 1.82) is 0 Å². The van der Waals surface area contributed by atoms with E-state index in [9.17, 15) is 9.59 Å². The van der Waals surface area contributed by atoms with Gasteiger partial charge in [0.25, 0.3) is 0 Å². The maximum absolute atomic E-state index is 9.55. The monoisotopic (exact) mass is 515 g/mol. The highest BCUT2D eigenvalue weighted by molar-refractivity contribution is 8.00. The largest absolute Gasteiger partial charge is 0.478 e. The lowest BCUT2D eigenvalue weighted by molar-refractivity contribution is -0.134. The summed E-state index contributed by atoms with van der Waals surface area (Å²) in [6.45, 7) is 9.30. The molecule has 9 heteroatoms. The standard InChI is InChI=1S/C22H29N3S2.C4H4O4/c1-3-26-18-9-10-22-20(17-18)25(19-7-4-5-8-21(19)27-22)12-6-11-24-15-13-23(2)14-16-24;5-3(6)1-2-4(7)8/h4-5,7-10,17H,3,6,11-16H2,1-2H3;1-2H,(H,5,6)(H,7,8)/b;2-1-. The summed E-state index contributed by atoms with van der Waals surface area (Å²) < 4.78 is 0. The number of anilines is 2. The van der Waals surface area contributed by atoms with E-state index in [1.165, 1.54) is 65.2 Å². The van der Waals surface area contributed by atoms with Gasteiger partial charge in [0.2, 0.25) is 0 Å². The fourth-order valence-electron chi connectivity index (χ4n) is 3.97. The average molecular weight is 516 g/mol. The fourth-order valence-corrected chi connectivity index (χ4v) is 5.74. The van der Waals surface area contributed by atoms with Crippen LogP contribution in [-0.4, -0.2) is 84.0 Å². The molecule has 1 saturated heterocycles. The van der Waals surface area contributed by atoms with Gasteiger partial charge in [-0.25, -0.2) is 9.59 Å². The van der Waals surface area contributed by atoms with Crippen molar-refractivity contribution in [2.24, 2.45) is 0 Å². The topological polar surface area (TPSA) is 84.3 Å². The van der Waals surface area contributed by atoms with Crippen molar-refractivity contribution >= 4 is 46.8 Å². The number of hydrogen-bond donors (Lipinski definition) is 2. The maximum atomic E-state index is 9.55. The second-order valence-electron chi connectivity index (χ2n) is 8.29. The van der Waals surface area contributed by atoms with Crippen LogP contribution in [0.25, 0.3) is 0 Å². The molecule has 188 valence electrons. The highest BCUT2D eigenvalue weighted by atomic mass is 32.2. The van der Waals surface area contributed by atoms with Crippen LogP contribution in [0.15, 0.2) is 69.3 Å². The van der Waals surface area contributed by atoms with Crippen molar-refractivity contribution in [3.63, 3.8) is 0 Å². The molecular weight excluding hydrogens is 482 g/mol. The van der Waals surface area contributed by atoms with Crippen LogP contribution in [0.5, 0.6) is 0 Å². The SMILES string of the molecule is CCSc1ccc2c(c1)N(CCCN1CCN(C)CC1)c1ccccc1S2.O=C(O)/C=C\C(=O)O. The van der Waals surface area contributed by atoms with Crippen LogP contribution >= 0.6 is 23.5 Å². The van der Waals surface area contributed by atoms with E-state index in [1.807, 2.05) is 23.5 Å². The van der Waals surface area contributed by atoms with E-state index in [1.54, 1.807) is 0 Å². The minimum absolute atomic E-state index is 0.558. The van der Waals surface area contributed by atoms with Crippen LogP contribution in [0.1, 0.15) is 13.3 Å². The number of hydrogen-bond acceptors (Lipinski definition) is 7. The first kappa shape index (κ1) is 27.1. The molecule has 0 aliphatic carbocycles. The fraction of sp³-hybridized carbons (Fsp3) is 0.385. The summed E-state index contributed by atoms with van der Waals surface area (Å²) in [7, 11) is 2.22. The van der Waals surface area contributed by atoms with Gasteiger partial charge in [0.1, 0.15) is 0 Å². The summed E-state index contributed by atoms with van der Waals surface area (Å²) in [5.41, 5.74) is 2.75. The van der Waals surface area contributed by atoms with Crippen molar-refractivity contribution < 1.29 is 19.8 Å². The third kappa shape index (κ3) is 8.31. The first-order valence-electron chi connectivity index (χ1n) is 11.7. The lowest BCUT2D eigenvalue weighted by Crippen LogP contribution is -2.45. The zero-order chi connectivity index (χ0) is 25.2. The normalized spacial score (nSPS) is 15.8. The summed E-state index contributed by atoms with van der Waals surface area (Å²) in [5, 5.41) is 15.6. The van der Waals surface area contributed by atoms with Gasteiger partial charge in [-0.05, 0) is 56.1 Å². The number of thioether (sulfide) groups is 1. The Morgan fingerprint density at radius 3 is 2.26 bits per heavy atom. The molecule has 2 N–H and O–H groups in total. The molecule has 0 aromatic heterocycles. The molecule has 0 saturated carbocycles. The van der Waals surface area contributed by atoms with E-state index in [2.05, 4.69) is 71.1 Å². The van der Waals surface area contributed by atoms with E-state index in [0.29, 0.717) is 12.2 Å². The Morgan fingerprint density at radius 1 is 0.943 bits per heavy atom. The molecule has 0 amide bonds. The molecule has 35 heavy (non-hydrogen) atoms. The Balaban J connectivity index is 0.000000371. The lowest BCUT2D eigenvalue weighted by Gasteiger charge is -2.35. The quantitative estimate of drug-likeness (QED) is 0.382. The summed E-state index contributed by atoms with van der Waals surface area (Å²) in [6, 6.07) is 15.8. The second-order valence-corrected chi connectivity index (χ2v) is 10.7. The molecule has 0 unspecified atom stereocenters. The Hall–Kier alpha value is -2.46. The number of likely N-dealkylation sites (N-methyl/N-ethyl adjacent to an activating group) is 1. The Kier molecular flexibility index (Phi) is 10.5. The van der Waals surface area contributed by atoms with Crippen molar-refractivity contribution in [3.8, 4) is 0 Å². The van der Waals surface area contributed by atoms with Gasteiger partial charge in [-0.15, -0.1) is 11.8 Å². The molecule has 2 aliphatic heterocycles. The van der Waals surface area contributed by atoms with Crippen molar-refractivity contribution in [1.82, 2.24) is 9.80 Å². The summed E-state index contributed by atoms with van der Waals surface area (Å²) in [5.74, 6) is -1.40. The van der Waals surface area contributed by atoms with Crippen LogP contribution in [0.3, 0.4) is 0 Å². The zero-order valence-corrected chi connectivity index (χ0v) is 21.9. The van der Waals surface area contributed by atoms with Gasteiger partial charge >= 0.3 is 11.9 Å². The highest BCUT2D eigenvalue weighted by Crippen LogP contribution is 2.49. The first-order valence-corrected chi connectivity index (χ1v) is 13.5. The van der Waals surface area contributed by atoms with Crippen LogP contribution in [0.4, 0.5) is 11.4 Å². The minimum atomic E-state index is -1.26. The number of aliphatic carboxylic acids is 2. The van der Waals surface area contributed by atoms with Gasteiger partial charge in [0, 0.05) is 59.6 Å². The van der Waals surface area contributed by atoms with Crippen molar-refractivity contribution in [3.05, 3.63) is 54.6 Å². The molecule has 0 atom stereocenters. The Labute approximate surface area is 215 Å². The molecule has 0 spiro atoms. The number of benzene rings is 2. The maximum Gasteiger partial charge on any atom is 0.328 e. The van der Waals surface area contributed by atoms with Gasteiger partial charge < -0.3 is 24.9 Å². The van der Waals surface area contributed by atoms with E-state index < -0.39 is 11.9 Å². The molecule has 0 radical (unpaired) electrons. The number of piperazine rings is 1. The summed E-state index contributed by atoms with van der Waals surface area (Å²) >= 11 is 3.84. The predicted octanol–water partition coefficient (Wildman–Crippen LogP) is 4.75. The third-order valence-corrected chi connectivity index (χ3v) is 7.73. The lowest BCUT2D eigenvalue weighted by atomic mass is 10.2. The van der Waals surface area contributed by atoms with E-state index in [4.69, 9.17) is 10.2 Å². The predicted molar refractivity (Wildman–Crippen MR) is 143 cm³/mol. The molecule has 7 nitrogen and oxygen atoms in total. The first-order chi connectivity index (χ1) is 16.9. The number of carboxylic acid groups (broad SMARTS) is 2. The minimum Gasteiger partial charge on any atom is -0.478 e. The van der Waals surface area contributed by atoms with Gasteiger partial charge in [-0.1, -0.05) is 30.8 Å². The van der Waals surface area contributed by atoms with Crippen LogP contribution < -0.4 is 4.90 Å². The molecule has 2 aromatic rings. The number of fused-ring (bicyclic) bond motifs is 2.